The third-order valence-electron chi connectivity index (χ3n) is 6.23. The van der Waals surface area contributed by atoms with E-state index in [2.05, 4.69) is 10.0 Å². The number of carbonyl (C=O) groups is 1. The van der Waals surface area contributed by atoms with Gasteiger partial charge in [0.25, 0.3) is 5.91 Å². The molecular formula is C23H37N3O4S. The van der Waals surface area contributed by atoms with Gasteiger partial charge in [-0.2, -0.15) is 0 Å². The number of rotatable bonds is 7. The summed E-state index contributed by atoms with van der Waals surface area (Å²) in [5, 5.41) is 3.08. The highest BCUT2D eigenvalue weighted by Crippen LogP contribution is 2.26. The number of anilines is 1. The second-order valence-electron chi connectivity index (χ2n) is 9.35. The van der Waals surface area contributed by atoms with Crippen LogP contribution in [0.5, 0.6) is 0 Å². The lowest BCUT2D eigenvalue weighted by Crippen LogP contribution is -2.48. The molecule has 2 N–H and O–H groups in total. The molecule has 2 atom stereocenters. The van der Waals surface area contributed by atoms with Crippen molar-refractivity contribution in [2.24, 2.45) is 5.92 Å². The Hall–Kier alpha value is -1.64. The minimum atomic E-state index is -3.20. The van der Waals surface area contributed by atoms with Gasteiger partial charge >= 0.3 is 0 Å². The van der Waals surface area contributed by atoms with E-state index in [9.17, 15) is 13.2 Å². The average molecular weight is 452 g/mol. The third kappa shape index (κ3) is 6.67. The van der Waals surface area contributed by atoms with Gasteiger partial charge in [0.15, 0.2) is 0 Å². The molecule has 7 nitrogen and oxygen atoms in total. The molecule has 1 aromatic rings. The molecule has 3 rings (SSSR count). The number of hydrogen-bond acceptors (Lipinski definition) is 5. The summed E-state index contributed by atoms with van der Waals surface area (Å²) in [6, 6.07) is 7.74. The molecule has 0 bridgehead atoms. The monoisotopic (exact) mass is 451 g/mol. The number of carbonyl (C=O) groups excluding carboxylic acids is 1. The van der Waals surface area contributed by atoms with Crippen molar-refractivity contribution in [3.05, 3.63) is 29.8 Å². The highest BCUT2D eigenvalue weighted by molar-refractivity contribution is 7.90. The second kappa shape index (κ2) is 10.3. The maximum atomic E-state index is 12.8. The molecule has 1 aromatic carbocycles. The summed E-state index contributed by atoms with van der Waals surface area (Å²) in [7, 11) is -3.20. The van der Waals surface area contributed by atoms with Crippen molar-refractivity contribution in [1.29, 1.82) is 0 Å². The van der Waals surface area contributed by atoms with Crippen molar-refractivity contribution in [2.45, 2.75) is 76.9 Å². The first kappa shape index (κ1) is 24.0. The van der Waals surface area contributed by atoms with Gasteiger partial charge in [0, 0.05) is 36.9 Å². The summed E-state index contributed by atoms with van der Waals surface area (Å²) >= 11 is 0. The molecule has 2 fully saturated rings. The van der Waals surface area contributed by atoms with Crippen LogP contribution in [-0.2, 0) is 14.8 Å². The van der Waals surface area contributed by atoms with Crippen molar-refractivity contribution in [1.82, 2.24) is 9.62 Å². The summed E-state index contributed by atoms with van der Waals surface area (Å²) in [6.45, 7) is 9.51. The van der Waals surface area contributed by atoms with E-state index in [1.807, 2.05) is 43.0 Å². The van der Waals surface area contributed by atoms with Crippen molar-refractivity contribution in [3.63, 3.8) is 0 Å². The quantitative estimate of drug-likeness (QED) is 0.665. The van der Waals surface area contributed by atoms with E-state index < -0.39 is 15.3 Å². The van der Waals surface area contributed by atoms with Gasteiger partial charge < -0.3 is 15.0 Å². The molecule has 0 aromatic heterocycles. The lowest BCUT2D eigenvalue weighted by atomic mass is 9.86. The highest BCUT2D eigenvalue weighted by Gasteiger charge is 2.27. The predicted molar refractivity (Wildman–Crippen MR) is 124 cm³/mol. The molecule has 174 valence electrons. The first-order chi connectivity index (χ1) is 14.6. The van der Waals surface area contributed by atoms with Gasteiger partial charge in [-0.05, 0) is 83.6 Å². The number of hydrogen-bond donors (Lipinski definition) is 2. The van der Waals surface area contributed by atoms with Gasteiger partial charge in [0.2, 0.25) is 10.0 Å². The molecular weight excluding hydrogens is 414 g/mol. The second-order valence-corrected chi connectivity index (χ2v) is 11.6. The van der Waals surface area contributed by atoms with Crippen LogP contribution in [0.2, 0.25) is 0 Å². The molecule has 0 unspecified atom stereocenters. The molecule has 0 radical (unpaired) electrons. The topological polar surface area (TPSA) is 87.7 Å². The van der Waals surface area contributed by atoms with Crippen LogP contribution in [0.3, 0.4) is 0 Å². The highest BCUT2D eigenvalue weighted by atomic mass is 32.2. The van der Waals surface area contributed by atoms with Gasteiger partial charge in [-0.25, -0.2) is 13.1 Å². The maximum Gasteiger partial charge on any atom is 0.254 e. The molecule has 1 aliphatic carbocycles. The fourth-order valence-corrected chi connectivity index (χ4v) is 5.34. The van der Waals surface area contributed by atoms with Crippen molar-refractivity contribution in [2.75, 3.05) is 25.0 Å². The Morgan fingerprint density at radius 2 is 1.65 bits per heavy atom. The molecule has 1 aliphatic heterocycles. The molecule has 0 spiro atoms. The van der Waals surface area contributed by atoms with E-state index in [0.717, 1.165) is 37.9 Å². The predicted octanol–water partition coefficient (Wildman–Crippen LogP) is 3.23. The Bertz CT molecular complexity index is 823. The number of morpholine rings is 1. The number of amides is 1. The molecule has 1 amide bonds. The summed E-state index contributed by atoms with van der Waals surface area (Å²) in [6.07, 6.45) is 3.88. The number of ether oxygens (including phenoxy) is 1. The minimum absolute atomic E-state index is 0.0516. The van der Waals surface area contributed by atoms with Crippen LogP contribution in [0.1, 0.15) is 63.7 Å². The fourth-order valence-electron chi connectivity index (χ4n) is 4.37. The molecule has 1 saturated heterocycles. The molecule has 1 saturated carbocycles. The van der Waals surface area contributed by atoms with Gasteiger partial charge in [0.1, 0.15) is 0 Å². The Morgan fingerprint density at radius 1 is 1.06 bits per heavy atom. The minimum Gasteiger partial charge on any atom is -0.385 e. The molecule has 1 heterocycles. The first-order valence-electron chi connectivity index (χ1n) is 11.4. The van der Waals surface area contributed by atoms with Crippen LogP contribution >= 0.6 is 0 Å². The smallest absolute Gasteiger partial charge is 0.254 e. The molecule has 2 aliphatic rings. The number of nitrogens with zero attached hydrogens (tertiary/aromatic N) is 1. The van der Waals surface area contributed by atoms with E-state index >= 15 is 0 Å². The number of benzene rings is 1. The lowest BCUT2D eigenvalue weighted by Gasteiger charge is -2.35. The summed E-state index contributed by atoms with van der Waals surface area (Å²) in [5.74, 6) is 0.577. The van der Waals surface area contributed by atoms with Crippen LogP contribution < -0.4 is 10.0 Å². The van der Waals surface area contributed by atoms with Crippen LogP contribution in [0.25, 0.3) is 0 Å². The zero-order valence-electron chi connectivity index (χ0n) is 19.1. The Balaban J connectivity index is 1.44. The van der Waals surface area contributed by atoms with Crippen LogP contribution in [0.4, 0.5) is 5.69 Å². The largest absolute Gasteiger partial charge is 0.385 e. The van der Waals surface area contributed by atoms with E-state index in [4.69, 9.17) is 4.74 Å². The van der Waals surface area contributed by atoms with E-state index in [-0.39, 0.29) is 24.2 Å². The summed E-state index contributed by atoms with van der Waals surface area (Å²) < 4.78 is 32.6. The van der Waals surface area contributed by atoms with E-state index in [1.165, 1.54) is 0 Å². The van der Waals surface area contributed by atoms with Gasteiger partial charge in [-0.1, -0.05) is 0 Å². The lowest BCUT2D eigenvalue weighted by molar-refractivity contribution is -0.0586. The molecule has 31 heavy (non-hydrogen) atoms. The number of nitrogens with one attached hydrogen (secondary N) is 2. The van der Waals surface area contributed by atoms with Gasteiger partial charge in [-0.3, -0.25) is 4.79 Å². The van der Waals surface area contributed by atoms with Crippen molar-refractivity contribution >= 4 is 21.6 Å². The standard InChI is InChI=1S/C23H37N3O4S/c1-16(2)31(28,29)25-22-9-5-19(6-10-22)13-24-21-11-7-20(8-12-21)23(27)26-14-17(3)30-18(4)15-26/h7-8,11-12,16-19,22,24-25H,5-6,9-10,13-15H2,1-4H3/t17-,18+,19-,22-. The maximum absolute atomic E-state index is 12.8. The Kier molecular flexibility index (Phi) is 7.99. The molecule has 8 heteroatoms. The van der Waals surface area contributed by atoms with Gasteiger partial charge in [-0.15, -0.1) is 0 Å². The van der Waals surface area contributed by atoms with Crippen LogP contribution in [-0.4, -0.2) is 62.4 Å². The zero-order chi connectivity index (χ0) is 22.6. The number of sulfonamides is 1. The average Bonchev–Trinajstić information content (AvgIpc) is 2.72. The fraction of sp³-hybridized carbons (Fsp3) is 0.696. The zero-order valence-corrected chi connectivity index (χ0v) is 20.0. The van der Waals surface area contributed by atoms with Crippen molar-refractivity contribution < 1.29 is 17.9 Å². The Morgan fingerprint density at radius 3 is 2.19 bits per heavy atom. The van der Waals surface area contributed by atoms with E-state index in [0.29, 0.717) is 24.6 Å². The first-order valence-corrected chi connectivity index (χ1v) is 13.0. The van der Waals surface area contributed by atoms with Gasteiger partial charge in [0.05, 0.1) is 17.5 Å². The summed E-state index contributed by atoms with van der Waals surface area (Å²) in [4.78, 5) is 14.6. The van der Waals surface area contributed by atoms with Crippen LogP contribution in [0.15, 0.2) is 24.3 Å². The van der Waals surface area contributed by atoms with Crippen molar-refractivity contribution in [3.8, 4) is 0 Å². The van der Waals surface area contributed by atoms with E-state index in [1.54, 1.807) is 13.8 Å². The normalized spacial score (nSPS) is 27.3. The SMILES string of the molecule is CC(C)S(=O)(=O)N[C@H]1CC[C@H](CNc2ccc(C(=O)N3C[C@@H](C)O[C@@H](C)C3)cc2)CC1. The summed E-state index contributed by atoms with van der Waals surface area (Å²) in [5.41, 5.74) is 1.70. The van der Waals surface area contributed by atoms with Crippen LogP contribution in [0, 0.1) is 5.92 Å². The Labute approximate surface area is 187 Å². The third-order valence-corrected chi connectivity index (χ3v) is 8.13.